The molecule has 0 aliphatic heterocycles. The second kappa shape index (κ2) is 9.51. The number of carbonyl (C=O) groups is 1. The molecule has 1 amide bonds. The summed E-state index contributed by atoms with van der Waals surface area (Å²) >= 11 is 1.52. The van der Waals surface area contributed by atoms with Crippen molar-refractivity contribution in [2.45, 2.75) is 46.3 Å². The van der Waals surface area contributed by atoms with Gasteiger partial charge in [-0.3, -0.25) is 4.79 Å². The summed E-state index contributed by atoms with van der Waals surface area (Å²) in [7, 11) is 0. The number of nitrogens with zero attached hydrogens (tertiary/aromatic N) is 1. The van der Waals surface area contributed by atoms with E-state index in [1.54, 1.807) is 0 Å². The summed E-state index contributed by atoms with van der Waals surface area (Å²) in [6.45, 7) is 6.60. The van der Waals surface area contributed by atoms with E-state index in [1.165, 1.54) is 22.5 Å². The molecule has 4 nitrogen and oxygen atoms in total. The van der Waals surface area contributed by atoms with Crippen LogP contribution in [0.2, 0.25) is 0 Å². The van der Waals surface area contributed by atoms with Gasteiger partial charge in [0.05, 0.1) is 18.2 Å². The van der Waals surface area contributed by atoms with Crippen molar-refractivity contribution in [1.82, 2.24) is 10.3 Å². The zero-order valence-corrected chi connectivity index (χ0v) is 17.4. The molecule has 0 aliphatic carbocycles. The Bertz CT molecular complexity index is 901. The van der Waals surface area contributed by atoms with Gasteiger partial charge in [-0.1, -0.05) is 54.4 Å². The average Bonchev–Trinajstić information content (AvgIpc) is 3.13. The first-order chi connectivity index (χ1) is 13.5. The highest BCUT2D eigenvalue weighted by Crippen LogP contribution is 2.19. The number of carbonyl (C=O) groups excluding carboxylic acids is 1. The van der Waals surface area contributed by atoms with E-state index in [2.05, 4.69) is 48.4 Å². The Morgan fingerprint density at radius 3 is 2.36 bits per heavy atom. The number of benzene rings is 2. The second-order valence-electron chi connectivity index (χ2n) is 6.95. The zero-order valence-electron chi connectivity index (χ0n) is 16.6. The third-order valence-corrected chi connectivity index (χ3v) is 5.42. The number of hydrogen-bond donors (Lipinski definition) is 1. The molecular formula is C23H26N2O2S. The summed E-state index contributed by atoms with van der Waals surface area (Å²) in [5.41, 5.74) is 4.33. The van der Waals surface area contributed by atoms with E-state index in [4.69, 9.17) is 4.74 Å². The van der Waals surface area contributed by atoms with Crippen LogP contribution in [0.5, 0.6) is 5.75 Å². The molecule has 1 unspecified atom stereocenters. The van der Waals surface area contributed by atoms with Crippen molar-refractivity contribution in [3.8, 4) is 5.75 Å². The Morgan fingerprint density at radius 1 is 1.07 bits per heavy atom. The zero-order chi connectivity index (χ0) is 19.9. The fourth-order valence-corrected chi connectivity index (χ4v) is 3.61. The summed E-state index contributed by atoms with van der Waals surface area (Å²) in [6, 6.07) is 16.3. The van der Waals surface area contributed by atoms with Crippen molar-refractivity contribution in [3.05, 3.63) is 81.3 Å². The van der Waals surface area contributed by atoms with Crippen molar-refractivity contribution in [1.29, 1.82) is 0 Å². The summed E-state index contributed by atoms with van der Waals surface area (Å²) < 4.78 is 5.76. The highest BCUT2D eigenvalue weighted by atomic mass is 32.1. The fourth-order valence-electron chi connectivity index (χ4n) is 2.91. The van der Waals surface area contributed by atoms with Crippen LogP contribution >= 0.6 is 11.3 Å². The Morgan fingerprint density at radius 2 is 1.71 bits per heavy atom. The van der Waals surface area contributed by atoms with Gasteiger partial charge < -0.3 is 10.1 Å². The van der Waals surface area contributed by atoms with Gasteiger partial charge in [0.25, 0.3) is 0 Å². The van der Waals surface area contributed by atoms with Crippen LogP contribution < -0.4 is 10.1 Å². The van der Waals surface area contributed by atoms with E-state index in [-0.39, 0.29) is 18.4 Å². The first kappa shape index (κ1) is 20.1. The lowest BCUT2D eigenvalue weighted by atomic mass is 10.0. The molecule has 0 radical (unpaired) electrons. The maximum Gasteiger partial charge on any atom is 0.226 e. The smallest absolute Gasteiger partial charge is 0.226 e. The van der Waals surface area contributed by atoms with Crippen LogP contribution in [0.1, 0.15) is 46.8 Å². The number of hydrogen-bond acceptors (Lipinski definition) is 4. The number of rotatable bonds is 8. The predicted octanol–water partition coefficient (Wildman–Crippen LogP) is 5.15. The molecule has 3 rings (SSSR count). The molecule has 5 heteroatoms. The van der Waals surface area contributed by atoms with Crippen LogP contribution in [-0.2, 0) is 17.8 Å². The number of amides is 1. The highest BCUT2D eigenvalue weighted by Gasteiger charge is 2.14. The third kappa shape index (κ3) is 5.67. The quantitative estimate of drug-likeness (QED) is 0.575. The number of aryl methyl sites for hydroxylation is 2. The number of aromatic nitrogens is 1. The normalized spacial score (nSPS) is 11.8. The lowest BCUT2D eigenvalue weighted by molar-refractivity contribution is -0.121. The molecular weight excluding hydrogens is 368 g/mol. The van der Waals surface area contributed by atoms with E-state index in [9.17, 15) is 4.79 Å². The van der Waals surface area contributed by atoms with E-state index >= 15 is 0 Å². The Kier molecular flexibility index (Phi) is 6.82. The van der Waals surface area contributed by atoms with Crippen LogP contribution in [0, 0.1) is 13.8 Å². The standard InChI is InChI=1S/C23H26N2O2S/c1-4-21(18-9-5-16(2)6-10-18)25-22(26)13-19-15-28-23(24-19)14-27-20-11-7-17(3)8-12-20/h5-12,15,21H,4,13-14H2,1-3H3,(H,25,26). The molecule has 1 atom stereocenters. The molecule has 1 aromatic heterocycles. The van der Waals surface area contributed by atoms with Gasteiger partial charge in [-0.15, -0.1) is 11.3 Å². The number of thiazole rings is 1. The first-order valence-corrected chi connectivity index (χ1v) is 10.4. The SMILES string of the molecule is CCC(NC(=O)Cc1csc(COc2ccc(C)cc2)n1)c1ccc(C)cc1. The number of nitrogens with one attached hydrogen (secondary N) is 1. The van der Waals surface area contributed by atoms with Crippen molar-refractivity contribution >= 4 is 17.2 Å². The van der Waals surface area contributed by atoms with Gasteiger partial charge in [-0.2, -0.15) is 0 Å². The molecule has 0 saturated carbocycles. The third-order valence-electron chi connectivity index (χ3n) is 4.55. The maximum atomic E-state index is 12.5. The number of ether oxygens (including phenoxy) is 1. The van der Waals surface area contributed by atoms with Gasteiger partial charge in [0.2, 0.25) is 5.91 Å². The Labute approximate surface area is 170 Å². The van der Waals surface area contributed by atoms with E-state index in [1.807, 2.05) is 36.6 Å². The Hall–Kier alpha value is -2.66. The van der Waals surface area contributed by atoms with Crippen LogP contribution in [-0.4, -0.2) is 10.9 Å². The molecule has 3 aromatic rings. The molecule has 1 N–H and O–H groups in total. The minimum absolute atomic E-state index is 0.0104. The fraction of sp³-hybridized carbons (Fsp3) is 0.304. The van der Waals surface area contributed by atoms with Crippen LogP contribution in [0.25, 0.3) is 0 Å². The summed E-state index contributed by atoms with van der Waals surface area (Å²) in [4.78, 5) is 17.0. The molecule has 0 fully saturated rings. The topological polar surface area (TPSA) is 51.2 Å². The minimum Gasteiger partial charge on any atom is -0.486 e. The average molecular weight is 395 g/mol. The molecule has 0 aliphatic rings. The molecule has 0 saturated heterocycles. The lowest BCUT2D eigenvalue weighted by Crippen LogP contribution is -2.29. The van der Waals surface area contributed by atoms with E-state index < -0.39 is 0 Å². The van der Waals surface area contributed by atoms with Crippen molar-refractivity contribution < 1.29 is 9.53 Å². The van der Waals surface area contributed by atoms with Gasteiger partial charge >= 0.3 is 0 Å². The van der Waals surface area contributed by atoms with E-state index in [0.717, 1.165) is 28.4 Å². The van der Waals surface area contributed by atoms with Crippen molar-refractivity contribution in [3.63, 3.8) is 0 Å². The predicted molar refractivity (Wildman–Crippen MR) is 114 cm³/mol. The van der Waals surface area contributed by atoms with Crippen LogP contribution in [0.4, 0.5) is 0 Å². The molecule has 146 valence electrons. The summed E-state index contributed by atoms with van der Waals surface area (Å²) in [5, 5.41) is 5.92. The van der Waals surface area contributed by atoms with Crippen LogP contribution in [0.3, 0.4) is 0 Å². The first-order valence-electron chi connectivity index (χ1n) is 9.52. The lowest BCUT2D eigenvalue weighted by Gasteiger charge is -2.17. The molecule has 0 spiro atoms. The minimum atomic E-state index is -0.0104. The van der Waals surface area contributed by atoms with Crippen molar-refractivity contribution in [2.75, 3.05) is 0 Å². The van der Waals surface area contributed by atoms with Gasteiger partial charge in [-0.05, 0) is 38.0 Å². The highest BCUT2D eigenvalue weighted by molar-refractivity contribution is 7.09. The maximum absolute atomic E-state index is 12.5. The summed E-state index contributed by atoms with van der Waals surface area (Å²) in [6.07, 6.45) is 1.13. The van der Waals surface area contributed by atoms with E-state index in [0.29, 0.717) is 6.61 Å². The van der Waals surface area contributed by atoms with Crippen molar-refractivity contribution in [2.24, 2.45) is 0 Å². The monoisotopic (exact) mass is 394 g/mol. The van der Waals surface area contributed by atoms with Gasteiger partial charge in [0.1, 0.15) is 17.4 Å². The largest absolute Gasteiger partial charge is 0.486 e. The van der Waals surface area contributed by atoms with Gasteiger partial charge in [-0.25, -0.2) is 4.98 Å². The van der Waals surface area contributed by atoms with Crippen LogP contribution in [0.15, 0.2) is 53.9 Å². The molecule has 0 bridgehead atoms. The summed E-state index contributed by atoms with van der Waals surface area (Å²) in [5.74, 6) is 0.813. The van der Waals surface area contributed by atoms with Gasteiger partial charge in [0.15, 0.2) is 0 Å². The molecule has 28 heavy (non-hydrogen) atoms. The Balaban J connectivity index is 1.52. The molecule has 1 heterocycles. The van der Waals surface area contributed by atoms with Gasteiger partial charge in [0, 0.05) is 5.38 Å². The molecule has 2 aromatic carbocycles. The second-order valence-corrected chi connectivity index (χ2v) is 7.89.